The van der Waals surface area contributed by atoms with E-state index in [1.54, 1.807) is 19.1 Å². The average Bonchev–Trinajstić information content (AvgIpc) is 3.59. The van der Waals surface area contributed by atoms with Crippen LogP contribution in [0.3, 0.4) is 0 Å². The zero-order chi connectivity index (χ0) is 45.9. The van der Waals surface area contributed by atoms with Crippen LogP contribution in [0.5, 0.6) is 0 Å². The van der Waals surface area contributed by atoms with Crippen LogP contribution < -0.4 is 21.3 Å². The maximum absolute atomic E-state index is 13.0. The third kappa shape index (κ3) is 26.8. The van der Waals surface area contributed by atoms with Crippen LogP contribution in [0.1, 0.15) is 51.8 Å². The van der Waals surface area contributed by atoms with Crippen LogP contribution in [-0.4, -0.2) is 178 Å². The van der Waals surface area contributed by atoms with Crippen molar-refractivity contribution in [1.82, 2.24) is 20.9 Å². The summed E-state index contributed by atoms with van der Waals surface area (Å²) in [6, 6.07) is 5.63. The number of benzene rings is 1. The molecular weight excluding hydrogens is 826 g/mol. The molecule has 0 saturated heterocycles. The molecule has 0 saturated carbocycles. The van der Waals surface area contributed by atoms with Crippen LogP contribution in [0.25, 0.3) is 0 Å². The summed E-state index contributed by atoms with van der Waals surface area (Å²) in [4.78, 5) is 74.0. The highest BCUT2D eigenvalue weighted by atomic mass is 16.6. The minimum absolute atomic E-state index is 0. The molecule has 0 bridgehead atoms. The Morgan fingerprint density at radius 1 is 0.571 bits per heavy atom. The van der Waals surface area contributed by atoms with Gasteiger partial charge in [-0.25, -0.2) is 0 Å². The van der Waals surface area contributed by atoms with Gasteiger partial charge in [0.05, 0.1) is 112 Å². The number of anilines is 1. The number of imide groups is 1. The van der Waals surface area contributed by atoms with Gasteiger partial charge in [0.1, 0.15) is 12.1 Å². The molecule has 1 heterocycles. The summed E-state index contributed by atoms with van der Waals surface area (Å²) in [5.74, 6) is -2.46. The smallest absolute Gasteiger partial charge is 0.253 e. The second-order valence-electron chi connectivity index (χ2n) is 14.3. The highest BCUT2D eigenvalue weighted by molar-refractivity contribution is 6.13. The average molecular weight is 904 g/mol. The molecule has 0 unspecified atom stereocenters. The number of hydrogen-bond donors (Lipinski definition) is 4. The fourth-order valence-corrected chi connectivity index (χ4v) is 5.33. The minimum atomic E-state index is -0.825. The van der Waals surface area contributed by atoms with Gasteiger partial charge in [-0.15, -0.1) is 0 Å². The Bertz CT molecular complexity index is 1500. The van der Waals surface area contributed by atoms with Gasteiger partial charge in [-0.2, -0.15) is 0 Å². The van der Waals surface area contributed by atoms with Crippen molar-refractivity contribution in [2.24, 2.45) is 5.92 Å². The fourth-order valence-electron chi connectivity index (χ4n) is 5.33. The van der Waals surface area contributed by atoms with Gasteiger partial charge in [0, 0.05) is 56.1 Å². The topological polar surface area (TPSA) is 237 Å². The molecule has 0 radical (unpaired) electrons. The normalized spacial score (nSPS) is 13.4. The summed E-state index contributed by atoms with van der Waals surface area (Å²) in [6.07, 6.45) is 2.47. The summed E-state index contributed by atoms with van der Waals surface area (Å²) in [7, 11) is 0. The molecule has 1 aliphatic rings. The van der Waals surface area contributed by atoms with Gasteiger partial charge in [0.25, 0.3) is 11.8 Å². The number of hydrogen-bond acceptors (Lipinski definition) is 15. The van der Waals surface area contributed by atoms with Crippen LogP contribution in [-0.2, 0) is 78.0 Å². The van der Waals surface area contributed by atoms with Crippen molar-refractivity contribution in [3.63, 3.8) is 0 Å². The van der Waals surface area contributed by atoms with Crippen LogP contribution in [0, 0.1) is 5.92 Å². The summed E-state index contributed by atoms with van der Waals surface area (Å²) in [5, 5.41) is 10.9. The van der Waals surface area contributed by atoms with Crippen LogP contribution in [0.15, 0.2) is 36.4 Å². The van der Waals surface area contributed by atoms with E-state index >= 15 is 0 Å². The first-order valence-corrected chi connectivity index (χ1v) is 21.5. The summed E-state index contributed by atoms with van der Waals surface area (Å²) < 4.78 is 49.1. The molecule has 1 aromatic rings. The molecule has 0 aromatic heterocycles. The van der Waals surface area contributed by atoms with Crippen molar-refractivity contribution < 1.29 is 77.1 Å². The van der Waals surface area contributed by atoms with Crippen LogP contribution in [0.4, 0.5) is 5.69 Å². The SMILES string of the molecule is CCOCc1ccc(NC(=O)[C@H](C)NC(=O)[C@@H](NC(=O)CCOCCOCCOCCOCCOCCOCCOCCOCCNC(=O)CCN2C(=O)C=CC2=O)C(C)C)cc1.[HH].[HH].[HH].[HH]. The first kappa shape index (κ1) is 54.8. The lowest BCUT2D eigenvalue weighted by Crippen LogP contribution is -2.53. The predicted molar refractivity (Wildman–Crippen MR) is 238 cm³/mol. The fraction of sp³-hybridized carbons (Fsp3) is 0.674. The standard InChI is InChI=1S/C43H69N5O15.4H2/c1-5-55-32-35-6-8-36(9-7-35)46-42(53)34(4)45-43(54)41(33(2)3)47-38(50)13-16-56-18-20-58-22-24-60-26-28-62-30-31-63-29-27-61-25-23-59-21-19-57-17-14-44-37(49)12-15-48-39(51)10-11-40(48)52;;;;/h6-11,33-34,41H,5,12-32H2,1-4H3,(H,44,49)(H,45,54)(H,46,53)(H,47,50);4*1H/t34-,41-;;;;/m0..../s1. The first-order chi connectivity index (χ1) is 30.5. The number of nitrogens with zero attached hydrogens (tertiary/aromatic N) is 1. The Labute approximate surface area is 376 Å². The molecule has 6 amide bonds. The van der Waals surface area contributed by atoms with E-state index < -0.39 is 29.8 Å². The number of amides is 6. The Morgan fingerprint density at radius 2 is 1.03 bits per heavy atom. The molecule has 4 N–H and O–H groups in total. The van der Waals surface area contributed by atoms with Gasteiger partial charge in [0.2, 0.25) is 23.6 Å². The van der Waals surface area contributed by atoms with Gasteiger partial charge in [-0.3, -0.25) is 33.7 Å². The molecule has 0 aliphatic carbocycles. The number of rotatable bonds is 39. The van der Waals surface area contributed by atoms with Crippen molar-refractivity contribution in [2.75, 3.05) is 131 Å². The summed E-state index contributed by atoms with van der Waals surface area (Å²) in [6.45, 7) is 14.6. The maximum Gasteiger partial charge on any atom is 0.253 e. The van der Waals surface area contributed by atoms with E-state index in [1.165, 1.54) is 12.2 Å². The quantitative estimate of drug-likeness (QED) is 0.0544. The molecule has 63 heavy (non-hydrogen) atoms. The lowest BCUT2D eigenvalue weighted by molar-refractivity contribution is -0.137. The lowest BCUT2D eigenvalue weighted by Gasteiger charge is -2.24. The summed E-state index contributed by atoms with van der Waals surface area (Å²) in [5.41, 5.74) is 1.58. The Hall–Kier alpha value is -4.38. The second kappa shape index (κ2) is 35.0. The zero-order valence-corrected chi connectivity index (χ0v) is 37.3. The number of nitrogens with one attached hydrogen (secondary N) is 4. The van der Waals surface area contributed by atoms with Crippen LogP contribution in [0.2, 0.25) is 0 Å². The number of carbonyl (C=O) groups is 6. The molecule has 0 fully saturated rings. The van der Waals surface area contributed by atoms with Gasteiger partial charge in [-0.05, 0) is 37.5 Å². The third-order valence-electron chi connectivity index (χ3n) is 8.82. The van der Waals surface area contributed by atoms with Crippen molar-refractivity contribution >= 4 is 41.1 Å². The van der Waals surface area contributed by atoms with E-state index in [0.29, 0.717) is 125 Å². The van der Waals surface area contributed by atoms with Crippen molar-refractivity contribution in [1.29, 1.82) is 0 Å². The lowest BCUT2D eigenvalue weighted by atomic mass is 10.0. The molecule has 2 atom stereocenters. The largest absolute Gasteiger partial charge is 0.379 e. The van der Waals surface area contributed by atoms with E-state index in [-0.39, 0.29) is 55.3 Å². The van der Waals surface area contributed by atoms with E-state index in [1.807, 2.05) is 32.9 Å². The van der Waals surface area contributed by atoms with Crippen molar-refractivity contribution in [3.05, 3.63) is 42.0 Å². The monoisotopic (exact) mass is 904 g/mol. The van der Waals surface area contributed by atoms with Gasteiger partial charge in [0.15, 0.2) is 0 Å². The molecule has 20 heteroatoms. The van der Waals surface area contributed by atoms with Crippen molar-refractivity contribution in [2.45, 2.75) is 59.2 Å². The third-order valence-corrected chi connectivity index (χ3v) is 8.82. The first-order valence-electron chi connectivity index (χ1n) is 21.5. The Balaban J connectivity index is -0.0000102. The molecule has 0 spiro atoms. The molecular formula is C43H77N5O15. The highest BCUT2D eigenvalue weighted by Crippen LogP contribution is 2.11. The zero-order valence-electron chi connectivity index (χ0n) is 37.3. The second-order valence-corrected chi connectivity index (χ2v) is 14.3. The maximum atomic E-state index is 13.0. The van der Waals surface area contributed by atoms with Gasteiger partial charge in [-0.1, -0.05) is 26.0 Å². The van der Waals surface area contributed by atoms with Crippen molar-refractivity contribution in [3.8, 4) is 0 Å². The van der Waals surface area contributed by atoms with Gasteiger partial charge >= 0.3 is 0 Å². The highest BCUT2D eigenvalue weighted by Gasteiger charge is 2.27. The van der Waals surface area contributed by atoms with E-state index in [0.717, 1.165) is 10.5 Å². The molecule has 1 aromatic carbocycles. The molecule has 364 valence electrons. The Kier molecular flexibility index (Phi) is 30.4. The minimum Gasteiger partial charge on any atom is -0.379 e. The molecule has 1 aliphatic heterocycles. The van der Waals surface area contributed by atoms with E-state index in [2.05, 4.69) is 21.3 Å². The van der Waals surface area contributed by atoms with Crippen LogP contribution >= 0.6 is 0 Å². The Morgan fingerprint density at radius 3 is 1.49 bits per heavy atom. The van der Waals surface area contributed by atoms with E-state index in [4.69, 9.17) is 42.6 Å². The number of ether oxygens (including phenoxy) is 9. The molecule has 2 rings (SSSR count). The van der Waals surface area contributed by atoms with E-state index in [9.17, 15) is 28.8 Å². The van der Waals surface area contributed by atoms with Gasteiger partial charge < -0.3 is 63.9 Å². The predicted octanol–water partition coefficient (Wildman–Crippen LogP) is 1.75. The molecule has 20 nitrogen and oxygen atoms in total. The number of carbonyl (C=O) groups excluding carboxylic acids is 6. The summed E-state index contributed by atoms with van der Waals surface area (Å²) >= 11 is 0.